The van der Waals surface area contributed by atoms with E-state index in [0.29, 0.717) is 6.54 Å². The topological polar surface area (TPSA) is 32.7 Å². The van der Waals surface area contributed by atoms with Gasteiger partial charge in [0.15, 0.2) is 0 Å². The van der Waals surface area contributed by atoms with E-state index in [2.05, 4.69) is 4.99 Å². The van der Waals surface area contributed by atoms with Crippen molar-refractivity contribution in [2.75, 3.05) is 18.5 Å². The zero-order valence-electron chi connectivity index (χ0n) is 8.32. The fourth-order valence-corrected chi connectivity index (χ4v) is 1.68. The van der Waals surface area contributed by atoms with Crippen LogP contribution in [-0.2, 0) is 4.79 Å². The van der Waals surface area contributed by atoms with Gasteiger partial charge in [0, 0.05) is 18.3 Å². The summed E-state index contributed by atoms with van der Waals surface area (Å²) >= 11 is 0. The summed E-state index contributed by atoms with van der Waals surface area (Å²) in [5.74, 6) is -0.0822. The van der Waals surface area contributed by atoms with Crippen LogP contribution in [0.4, 0.5) is 5.69 Å². The summed E-state index contributed by atoms with van der Waals surface area (Å²) in [5.41, 5.74) is 2.91. The van der Waals surface area contributed by atoms with Crippen LogP contribution >= 0.6 is 0 Å². The van der Waals surface area contributed by atoms with Crippen molar-refractivity contribution >= 4 is 17.3 Å². The first-order valence-electron chi connectivity index (χ1n) is 4.57. The lowest BCUT2D eigenvalue weighted by Gasteiger charge is -2.17. The average molecular weight is 188 g/mol. The number of aliphatic imine (C=N–C) groups is 1. The molecule has 1 aliphatic rings. The summed E-state index contributed by atoms with van der Waals surface area (Å²) in [5, 5.41) is 0. The molecule has 3 nitrogen and oxygen atoms in total. The van der Waals surface area contributed by atoms with Gasteiger partial charge in [-0.1, -0.05) is 18.2 Å². The summed E-state index contributed by atoms with van der Waals surface area (Å²) in [6, 6.07) is 7.93. The molecule has 1 aliphatic heterocycles. The molecule has 1 aromatic rings. The van der Waals surface area contributed by atoms with Gasteiger partial charge in [-0.3, -0.25) is 4.79 Å². The monoisotopic (exact) mass is 188 g/mol. The van der Waals surface area contributed by atoms with Crippen LogP contribution < -0.4 is 4.90 Å². The minimum absolute atomic E-state index is 0.0822. The second-order valence-corrected chi connectivity index (χ2v) is 3.46. The van der Waals surface area contributed by atoms with Crippen LogP contribution in [0.5, 0.6) is 0 Å². The van der Waals surface area contributed by atoms with Crippen LogP contribution in [0.15, 0.2) is 29.3 Å². The third-order valence-corrected chi connectivity index (χ3v) is 2.37. The molecule has 1 aromatic carbocycles. The number of likely N-dealkylation sites (N-methyl/N-ethyl adjacent to an activating group) is 1. The number of carbonyl (C=O) groups is 1. The van der Waals surface area contributed by atoms with Gasteiger partial charge in [-0.25, -0.2) is 4.99 Å². The van der Waals surface area contributed by atoms with Crippen LogP contribution in [0, 0.1) is 0 Å². The number of anilines is 1. The van der Waals surface area contributed by atoms with E-state index >= 15 is 0 Å². The zero-order chi connectivity index (χ0) is 10.1. The smallest absolute Gasteiger partial charge is 0.265 e. The summed E-state index contributed by atoms with van der Waals surface area (Å²) in [7, 11) is 1.91. The highest BCUT2D eigenvalue weighted by molar-refractivity contribution is 6.10. The highest BCUT2D eigenvalue weighted by Crippen LogP contribution is 2.21. The van der Waals surface area contributed by atoms with E-state index in [1.807, 2.05) is 43.1 Å². The number of carbonyl (C=O) groups excluding carboxylic acids is 1. The van der Waals surface area contributed by atoms with Crippen molar-refractivity contribution in [2.24, 2.45) is 4.99 Å². The van der Waals surface area contributed by atoms with E-state index in [1.54, 1.807) is 0 Å². The van der Waals surface area contributed by atoms with Crippen LogP contribution in [0.2, 0.25) is 0 Å². The molecule has 0 saturated carbocycles. The van der Waals surface area contributed by atoms with Crippen LogP contribution in [0.3, 0.4) is 0 Å². The Morgan fingerprint density at radius 1 is 1.36 bits per heavy atom. The van der Waals surface area contributed by atoms with Gasteiger partial charge >= 0.3 is 0 Å². The van der Waals surface area contributed by atoms with Crippen molar-refractivity contribution in [2.45, 2.75) is 6.92 Å². The van der Waals surface area contributed by atoms with Gasteiger partial charge in [-0.05, 0) is 13.0 Å². The van der Waals surface area contributed by atoms with Crippen LogP contribution in [-0.4, -0.2) is 25.2 Å². The first-order chi connectivity index (χ1) is 6.68. The largest absolute Gasteiger partial charge is 0.365 e. The van der Waals surface area contributed by atoms with Gasteiger partial charge in [0.2, 0.25) is 0 Å². The summed E-state index contributed by atoms with van der Waals surface area (Å²) in [6.45, 7) is 2.23. The molecule has 3 heteroatoms. The van der Waals surface area contributed by atoms with Gasteiger partial charge in [-0.2, -0.15) is 0 Å². The van der Waals surface area contributed by atoms with Crippen molar-refractivity contribution in [1.29, 1.82) is 0 Å². The van der Waals surface area contributed by atoms with E-state index in [4.69, 9.17) is 0 Å². The fraction of sp³-hybridized carbons (Fsp3) is 0.273. The second kappa shape index (κ2) is 3.25. The third-order valence-electron chi connectivity index (χ3n) is 2.37. The first-order valence-corrected chi connectivity index (χ1v) is 4.57. The van der Waals surface area contributed by atoms with Gasteiger partial charge < -0.3 is 4.90 Å². The lowest BCUT2D eigenvalue weighted by atomic mass is 10.1. The van der Waals surface area contributed by atoms with Gasteiger partial charge in [0.25, 0.3) is 5.91 Å². The first kappa shape index (κ1) is 8.94. The Kier molecular flexibility index (Phi) is 2.08. The Morgan fingerprint density at radius 2 is 2.07 bits per heavy atom. The minimum Gasteiger partial charge on any atom is -0.365 e. The van der Waals surface area contributed by atoms with E-state index in [-0.39, 0.29) is 5.91 Å². The maximum atomic E-state index is 11.3. The van der Waals surface area contributed by atoms with Gasteiger partial charge in [-0.15, -0.1) is 0 Å². The Hall–Kier alpha value is -1.64. The van der Waals surface area contributed by atoms with Crippen molar-refractivity contribution in [3.8, 4) is 0 Å². The number of para-hydroxylation sites is 1. The second-order valence-electron chi connectivity index (χ2n) is 3.46. The van der Waals surface area contributed by atoms with Crippen molar-refractivity contribution in [3.05, 3.63) is 29.8 Å². The predicted molar refractivity (Wildman–Crippen MR) is 56.9 cm³/mol. The molecular formula is C11H12N2O. The molecule has 0 N–H and O–H groups in total. The fourth-order valence-electron chi connectivity index (χ4n) is 1.68. The molecule has 0 aliphatic carbocycles. The highest BCUT2D eigenvalue weighted by Gasteiger charge is 2.16. The van der Waals surface area contributed by atoms with E-state index in [1.165, 1.54) is 0 Å². The van der Waals surface area contributed by atoms with Crippen molar-refractivity contribution in [1.82, 2.24) is 0 Å². The van der Waals surface area contributed by atoms with E-state index in [9.17, 15) is 4.79 Å². The lowest BCUT2D eigenvalue weighted by Crippen LogP contribution is -2.23. The Morgan fingerprint density at radius 3 is 2.86 bits per heavy atom. The summed E-state index contributed by atoms with van der Waals surface area (Å²) < 4.78 is 0. The molecule has 1 amide bonds. The molecule has 0 fully saturated rings. The van der Waals surface area contributed by atoms with Crippen LogP contribution in [0.25, 0.3) is 0 Å². The van der Waals surface area contributed by atoms with E-state index in [0.717, 1.165) is 17.0 Å². The van der Waals surface area contributed by atoms with Gasteiger partial charge in [0.05, 0.1) is 12.3 Å². The standard InChI is InChI=1S/C11H12N2O/c1-8-9-5-3-4-6-10(9)13(2)7-11(14)12-8/h3-6H,7H2,1-2H3. The zero-order valence-corrected chi connectivity index (χ0v) is 8.32. The molecule has 0 aromatic heterocycles. The normalized spacial score (nSPS) is 16.0. The molecule has 0 radical (unpaired) electrons. The molecule has 0 atom stereocenters. The maximum absolute atomic E-state index is 11.3. The van der Waals surface area contributed by atoms with E-state index < -0.39 is 0 Å². The quantitative estimate of drug-likeness (QED) is 0.617. The number of amides is 1. The van der Waals surface area contributed by atoms with Crippen molar-refractivity contribution in [3.63, 3.8) is 0 Å². The maximum Gasteiger partial charge on any atom is 0.265 e. The molecule has 0 saturated heterocycles. The number of rotatable bonds is 0. The molecule has 0 spiro atoms. The number of hydrogen-bond acceptors (Lipinski definition) is 2. The van der Waals surface area contributed by atoms with Gasteiger partial charge in [0.1, 0.15) is 0 Å². The molecule has 1 heterocycles. The number of benzene rings is 1. The summed E-state index contributed by atoms with van der Waals surface area (Å²) in [6.07, 6.45) is 0. The van der Waals surface area contributed by atoms with Crippen LogP contribution in [0.1, 0.15) is 12.5 Å². The Balaban J connectivity index is 2.59. The number of fused-ring (bicyclic) bond motifs is 1. The number of hydrogen-bond donors (Lipinski definition) is 0. The molecule has 0 bridgehead atoms. The molecule has 72 valence electrons. The lowest BCUT2D eigenvalue weighted by molar-refractivity contribution is -0.116. The predicted octanol–water partition coefficient (Wildman–Crippen LogP) is 1.47. The third kappa shape index (κ3) is 1.41. The molecule has 0 unspecified atom stereocenters. The average Bonchev–Trinajstić information content (AvgIpc) is 2.26. The Bertz CT molecular complexity index is 410. The molecular weight excluding hydrogens is 176 g/mol. The number of nitrogens with zero attached hydrogens (tertiary/aromatic N) is 2. The molecule has 14 heavy (non-hydrogen) atoms. The highest BCUT2D eigenvalue weighted by atomic mass is 16.1. The van der Waals surface area contributed by atoms with Crippen molar-refractivity contribution < 1.29 is 4.79 Å². The Labute approximate surface area is 83.1 Å². The summed E-state index contributed by atoms with van der Waals surface area (Å²) in [4.78, 5) is 17.3. The SMILES string of the molecule is CC1=NC(=O)CN(C)c2ccccc21. The minimum atomic E-state index is -0.0822. The number of benzodiazepines with no additional fused rings is 1. The molecule has 2 rings (SSSR count).